The van der Waals surface area contributed by atoms with E-state index in [1.807, 2.05) is 12.1 Å². The summed E-state index contributed by atoms with van der Waals surface area (Å²) in [5.41, 5.74) is 3.14. The van der Waals surface area contributed by atoms with E-state index in [9.17, 15) is 71.1 Å². The lowest BCUT2D eigenvalue weighted by Crippen LogP contribution is -3.61. The van der Waals surface area contributed by atoms with E-state index >= 15 is 0 Å². The van der Waals surface area contributed by atoms with Crippen molar-refractivity contribution >= 4 is 11.9 Å². The third-order valence-electron chi connectivity index (χ3n) is 20.5. The number of nitrogens with one attached hydrogen (secondary N) is 1. The van der Waals surface area contributed by atoms with E-state index in [1.165, 1.54) is 68.3 Å². The van der Waals surface area contributed by atoms with E-state index in [1.54, 1.807) is 17.0 Å². The highest BCUT2D eigenvalue weighted by atomic mass is 127. The van der Waals surface area contributed by atoms with Gasteiger partial charge in [0, 0.05) is 60.8 Å². The van der Waals surface area contributed by atoms with Crippen LogP contribution in [0.25, 0.3) is 0 Å². The minimum Gasteiger partial charge on any atom is -1.00 e. The summed E-state index contributed by atoms with van der Waals surface area (Å²) in [6.45, 7) is 22.9. The lowest BCUT2D eigenvalue weighted by Gasteiger charge is -2.63. The third kappa shape index (κ3) is 19.3. The molecular formula is C74H94ClF14I2NO8+2. The number of quaternary nitrogens is 1. The van der Waals surface area contributed by atoms with Gasteiger partial charge in [0.2, 0.25) is 0 Å². The van der Waals surface area contributed by atoms with Crippen molar-refractivity contribution in [1.82, 2.24) is 0 Å². The molecule has 2 heterocycles. The number of hydrogen-bond donors (Lipinski definition) is 1. The normalized spacial score (nSPS) is 27.5. The van der Waals surface area contributed by atoms with Gasteiger partial charge in [-0.15, -0.1) is 0 Å². The van der Waals surface area contributed by atoms with Crippen LogP contribution in [-0.2, 0) is 48.8 Å². The molecule has 4 unspecified atom stereocenters. The fraction of sp³-hybridized carbons (Fsp3) is 0.649. The van der Waals surface area contributed by atoms with Crippen molar-refractivity contribution in [2.45, 2.75) is 223 Å². The van der Waals surface area contributed by atoms with Crippen molar-refractivity contribution in [2.75, 3.05) is 46.1 Å². The molecule has 26 heteroatoms. The van der Waals surface area contributed by atoms with Gasteiger partial charge in [0.05, 0.1) is 19.6 Å². The molecule has 10 fully saturated rings. The van der Waals surface area contributed by atoms with E-state index in [0.29, 0.717) is 52.4 Å². The van der Waals surface area contributed by atoms with E-state index in [0.717, 1.165) is 0 Å². The number of aryl methyl sites for hydroxylation is 2. The first-order valence-corrected chi connectivity index (χ1v) is 38.1. The number of rotatable bonds is 11. The summed E-state index contributed by atoms with van der Waals surface area (Å²) in [5, 5.41) is 0. The van der Waals surface area contributed by atoms with Crippen LogP contribution in [0, 0.1) is 75.3 Å². The number of carbonyl (C=O) groups is 2. The molecule has 0 aromatic heterocycles. The van der Waals surface area contributed by atoms with Gasteiger partial charge in [-0.25, -0.2) is 18.4 Å². The van der Waals surface area contributed by atoms with E-state index < -0.39 is 120 Å². The van der Waals surface area contributed by atoms with Crippen molar-refractivity contribution in [3.05, 3.63) is 133 Å². The molecule has 8 saturated carbocycles. The van der Waals surface area contributed by atoms with Crippen LogP contribution in [-0.4, -0.2) is 116 Å². The predicted octanol–water partition coefficient (Wildman–Crippen LogP) is 7.61. The maximum atomic E-state index is 13.7. The lowest BCUT2D eigenvalue weighted by molar-refractivity contribution is -0.894. The number of benzene rings is 4. The van der Waals surface area contributed by atoms with Gasteiger partial charge in [0.1, 0.15) is 49.3 Å². The van der Waals surface area contributed by atoms with Gasteiger partial charge in [-0.05, 0) is 169 Å². The fourth-order valence-electron chi connectivity index (χ4n) is 15.1. The Labute approximate surface area is 605 Å². The monoisotopic (exact) mass is 1680 g/mol. The Hall–Kier alpha value is -3.61. The smallest absolute Gasteiger partial charge is 0.377 e. The first kappa shape index (κ1) is 83.7. The topological polar surface area (TPSA) is 94.0 Å². The predicted molar refractivity (Wildman–Crippen MR) is 335 cm³/mol. The average molecular weight is 1680 g/mol. The van der Waals surface area contributed by atoms with E-state index in [2.05, 4.69) is 125 Å². The largest absolute Gasteiger partial charge is 1.00 e. The minimum atomic E-state index is -4.36. The van der Waals surface area contributed by atoms with Crippen LogP contribution < -0.4 is 59.7 Å². The molecule has 2 spiro atoms. The highest BCUT2D eigenvalue weighted by molar-refractivity contribution is 5.78. The summed E-state index contributed by atoms with van der Waals surface area (Å²) in [7, 11) is 0. The van der Waals surface area contributed by atoms with E-state index in [4.69, 9.17) is 28.4 Å². The highest BCUT2D eigenvalue weighted by Gasteiger charge is 2.72. The first-order valence-electron chi connectivity index (χ1n) is 33.8. The van der Waals surface area contributed by atoms with Gasteiger partial charge in [-0.2, -0.15) is 52.7 Å². The molecule has 0 amide bonds. The molecule has 14 rings (SSSR count). The SMILES string of the molecule is CC(F)(F)C(=O)OC12CC3CC(C1)C1(OCC(F)(F)C(F)(F)CO1)C(C3)C2.CC(F)(F)C(=O)OC12CC3CC(C1)C1(OCC(F)(F)C(F)(F)CO1)C(C3)C2.CC[NH+](CC)CC.Cc1ccc(F)cc1[I+]c1ccc(C(C)(C)C)cc1.Cc1ccc(F)cc1[I+]c1ccc(C(C)(C)C)cc1.[Cl-]. The summed E-state index contributed by atoms with van der Waals surface area (Å²) >= 11 is -0.599. The quantitative estimate of drug-likeness (QED) is 0.0934. The lowest BCUT2D eigenvalue weighted by atomic mass is 9.51. The Morgan fingerprint density at radius 2 is 0.730 bits per heavy atom. The van der Waals surface area contributed by atoms with Crippen molar-refractivity contribution in [2.24, 2.45) is 35.5 Å². The highest BCUT2D eigenvalue weighted by Crippen LogP contribution is 2.66. The van der Waals surface area contributed by atoms with Gasteiger partial charge in [0.15, 0.2) is 25.9 Å². The minimum absolute atomic E-state index is 0. The number of hydrogen-bond acceptors (Lipinski definition) is 8. The Bertz CT molecular complexity index is 3130. The van der Waals surface area contributed by atoms with Crippen molar-refractivity contribution in [3.63, 3.8) is 0 Å². The van der Waals surface area contributed by atoms with Gasteiger partial charge >= 0.3 is 89.9 Å². The van der Waals surface area contributed by atoms with Crippen LogP contribution in [0.5, 0.6) is 0 Å². The van der Waals surface area contributed by atoms with Crippen molar-refractivity contribution in [1.29, 1.82) is 0 Å². The summed E-state index contributed by atoms with van der Waals surface area (Å²) < 4.78 is 226. The van der Waals surface area contributed by atoms with Crippen molar-refractivity contribution < 1.29 is 159 Å². The molecule has 8 bridgehead atoms. The van der Waals surface area contributed by atoms with Crippen LogP contribution in [0.4, 0.5) is 61.5 Å². The van der Waals surface area contributed by atoms with Crippen LogP contribution in [0.15, 0.2) is 84.9 Å². The van der Waals surface area contributed by atoms with Crippen molar-refractivity contribution in [3.8, 4) is 0 Å². The Balaban J connectivity index is 0.000000183. The summed E-state index contributed by atoms with van der Waals surface area (Å²) in [6, 6.07) is 27.7. The molecule has 2 aliphatic heterocycles. The number of esters is 2. The second-order valence-corrected chi connectivity index (χ2v) is 36.2. The van der Waals surface area contributed by atoms with Crippen LogP contribution in [0.1, 0.15) is 163 Å². The third-order valence-corrected chi connectivity index (χ3v) is 26.6. The molecule has 4 atom stereocenters. The average Bonchev–Trinajstić information content (AvgIpc) is 0.934. The molecule has 1 N–H and O–H groups in total. The summed E-state index contributed by atoms with van der Waals surface area (Å²) in [6.07, 6.45) is 2.93. The molecule has 10 aliphatic rings. The molecule has 0 radical (unpaired) electrons. The molecule has 560 valence electrons. The molecule has 2 saturated heterocycles. The van der Waals surface area contributed by atoms with Gasteiger partial charge in [-0.1, -0.05) is 77.9 Å². The maximum absolute atomic E-state index is 13.7. The molecular weight excluding hydrogens is 1590 g/mol. The number of halogens is 17. The molecule has 9 nitrogen and oxygen atoms in total. The van der Waals surface area contributed by atoms with Gasteiger partial charge < -0.3 is 45.7 Å². The van der Waals surface area contributed by atoms with Crippen LogP contribution >= 0.6 is 0 Å². The second-order valence-electron chi connectivity index (χ2n) is 30.3. The first-order chi connectivity index (χ1) is 45.6. The molecule has 4 aromatic carbocycles. The van der Waals surface area contributed by atoms with E-state index in [-0.39, 0.29) is 115 Å². The maximum Gasteiger partial charge on any atom is 0.377 e. The number of alkyl halides is 12. The summed E-state index contributed by atoms with van der Waals surface area (Å²) in [4.78, 5) is 25.1. The standard InChI is InChI=1S/2C17H20F6O4.2C17H19FI.C6H15N.ClH/c2*1-13(18,19)12(24)27-14-4-9-2-10(5-14)17(11(3-9)6-14)25-7-15(20,21)16(22,23)8-26-17;2*1-12-5-8-14(18)11-16(12)19-15-9-6-13(7-10-15)17(2,3)4;1-4-7(5-2)6-3;/h2*9-11H,2-8H2,1H3;2*5-11H,1-4H3;4-6H2,1-3H3;1H/q;;2*+1;;. The van der Waals surface area contributed by atoms with Crippen LogP contribution in [0.2, 0.25) is 0 Å². The number of ether oxygens (including phenoxy) is 6. The molecule has 8 aliphatic carbocycles. The zero-order valence-electron chi connectivity index (χ0n) is 58.8. The molecule has 4 aromatic rings. The second kappa shape index (κ2) is 31.4. The Kier molecular flexibility index (Phi) is 26.3. The van der Waals surface area contributed by atoms with Crippen LogP contribution in [0.3, 0.4) is 0 Å². The Morgan fingerprint density at radius 3 is 0.960 bits per heavy atom. The zero-order valence-corrected chi connectivity index (χ0v) is 63.8. The summed E-state index contributed by atoms with van der Waals surface area (Å²) in [5.74, 6) is -33.8. The zero-order chi connectivity index (χ0) is 73.5. The molecule has 100 heavy (non-hydrogen) atoms. The number of carbonyl (C=O) groups excluding carboxylic acids is 2. The van der Waals surface area contributed by atoms with Gasteiger partial charge in [0.25, 0.3) is 0 Å². The Morgan fingerprint density at radius 1 is 0.460 bits per heavy atom. The van der Waals surface area contributed by atoms with Gasteiger partial charge in [-0.3, -0.25) is 0 Å². The fourth-order valence-corrected chi connectivity index (χ4v) is 20.0.